The maximum atomic E-state index is 11.7. The highest BCUT2D eigenvalue weighted by Gasteiger charge is 2.42. The number of hydrogen-bond acceptors (Lipinski definition) is 3. The number of carbonyl (C=O) groups is 1. The molecular formula is C18H26N2O2. The van der Waals surface area contributed by atoms with Crippen LogP contribution in [-0.4, -0.2) is 18.7 Å². The molecule has 0 radical (unpaired) electrons. The van der Waals surface area contributed by atoms with Crippen molar-refractivity contribution in [3.63, 3.8) is 0 Å². The molecule has 0 bridgehead atoms. The Balaban J connectivity index is 1.64. The van der Waals surface area contributed by atoms with E-state index in [0.717, 1.165) is 24.4 Å². The predicted molar refractivity (Wildman–Crippen MR) is 88.0 cm³/mol. The van der Waals surface area contributed by atoms with E-state index in [0.29, 0.717) is 17.8 Å². The van der Waals surface area contributed by atoms with Crippen LogP contribution in [0.4, 0.5) is 5.69 Å². The summed E-state index contributed by atoms with van der Waals surface area (Å²) in [6.45, 7) is 8.94. The first-order valence-corrected chi connectivity index (χ1v) is 8.31. The topological polar surface area (TPSA) is 50.4 Å². The highest BCUT2D eigenvalue weighted by atomic mass is 16.5. The van der Waals surface area contributed by atoms with Gasteiger partial charge < -0.3 is 15.4 Å². The lowest BCUT2D eigenvalue weighted by Crippen LogP contribution is -2.29. The molecule has 2 N–H and O–H groups in total. The molecule has 1 aromatic rings. The van der Waals surface area contributed by atoms with Gasteiger partial charge in [0.15, 0.2) is 6.23 Å². The van der Waals surface area contributed by atoms with Gasteiger partial charge in [0.2, 0.25) is 5.91 Å². The zero-order valence-electron chi connectivity index (χ0n) is 13.8. The molecule has 4 nitrogen and oxygen atoms in total. The monoisotopic (exact) mass is 302 g/mol. The fourth-order valence-electron chi connectivity index (χ4n) is 2.99. The molecule has 22 heavy (non-hydrogen) atoms. The molecule has 120 valence electrons. The predicted octanol–water partition coefficient (Wildman–Crippen LogP) is 3.35. The van der Waals surface area contributed by atoms with Crippen molar-refractivity contribution in [3.8, 4) is 5.75 Å². The first kappa shape index (κ1) is 15.2. The molecule has 3 rings (SSSR count). The number of carbonyl (C=O) groups excluding carboxylic acids is 1. The van der Waals surface area contributed by atoms with Gasteiger partial charge in [-0.25, -0.2) is 0 Å². The van der Waals surface area contributed by atoms with Crippen molar-refractivity contribution in [1.82, 2.24) is 5.32 Å². The first-order chi connectivity index (χ1) is 10.5. The number of benzene rings is 1. The van der Waals surface area contributed by atoms with Crippen molar-refractivity contribution in [3.05, 3.63) is 23.8 Å². The van der Waals surface area contributed by atoms with Crippen LogP contribution in [0.25, 0.3) is 0 Å². The maximum absolute atomic E-state index is 11.7. The molecule has 0 spiro atoms. The van der Waals surface area contributed by atoms with Crippen LogP contribution in [0.2, 0.25) is 0 Å². The van der Waals surface area contributed by atoms with Gasteiger partial charge in [-0.1, -0.05) is 39.8 Å². The Morgan fingerprint density at radius 1 is 1.36 bits per heavy atom. The number of fused-ring (bicyclic) bond motifs is 1. The van der Waals surface area contributed by atoms with Gasteiger partial charge in [0.25, 0.3) is 0 Å². The summed E-state index contributed by atoms with van der Waals surface area (Å²) in [6.07, 6.45) is 1.19. The Morgan fingerprint density at radius 2 is 2.14 bits per heavy atom. The van der Waals surface area contributed by atoms with Gasteiger partial charge in [0.05, 0.1) is 5.69 Å². The van der Waals surface area contributed by atoms with E-state index < -0.39 is 0 Å². The lowest BCUT2D eigenvalue weighted by Gasteiger charge is -2.15. The second-order valence-corrected chi connectivity index (χ2v) is 7.15. The Hall–Kier alpha value is -1.71. The zero-order valence-corrected chi connectivity index (χ0v) is 13.8. The van der Waals surface area contributed by atoms with Crippen LogP contribution in [0.3, 0.4) is 0 Å². The van der Waals surface area contributed by atoms with Crippen molar-refractivity contribution in [2.24, 2.45) is 17.8 Å². The van der Waals surface area contributed by atoms with E-state index in [1.165, 1.54) is 5.56 Å². The Morgan fingerprint density at radius 3 is 2.82 bits per heavy atom. The number of hydrogen-bond donors (Lipinski definition) is 2. The van der Waals surface area contributed by atoms with Gasteiger partial charge in [0.1, 0.15) is 5.75 Å². The minimum atomic E-state index is 0.0532. The number of nitrogens with one attached hydrogen (secondary N) is 2. The van der Waals surface area contributed by atoms with E-state index >= 15 is 0 Å². The molecular weight excluding hydrogens is 276 g/mol. The average Bonchev–Trinajstić information content (AvgIpc) is 3.10. The molecule has 1 heterocycles. The molecule has 1 aliphatic carbocycles. The molecule has 3 atom stereocenters. The molecule has 1 saturated carbocycles. The summed E-state index contributed by atoms with van der Waals surface area (Å²) in [5, 5.41) is 6.49. The largest absolute Gasteiger partial charge is 0.468 e. The molecule has 1 aliphatic heterocycles. The van der Waals surface area contributed by atoms with Crippen LogP contribution >= 0.6 is 0 Å². The Labute approximate surface area is 132 Å². The third kappa shape index (κ3) is 2.92. The van der Waals surface area contributed by atoms with Gasteiger partial charge in [-0.05, 0) is 29.9 Å². The summed E-state index contributed by atoms with van der Waals surface area (Å²) < 4.78 is 6.11. The number of ether oxygens (including phenoxy) is 1. The molecule has 4 heteroatoms. The van der Waals surface area contributed by atoms with Crippen LogP contribution in [0.1, 0.15) is 45.6 Å². The second-order valence-electron chi connectivity index (χ2n) is 7.15. The van der Waals surface area contributed by atoms with Gasteiger partial charge in [-0.15, -0.1) is 0 Å². The molecule has 1 amide bonds. The smallest absolute Gasteiger partial charge is 0.222 e. The second kappa shape index (κ2) is 5.82. The van der Waals surface area contributed by atoms with E-state index in [1.54, 1.807) is 0 Å². The van der Waals surface area contributed by atoms with Crippen LogP contribution in [0.15, 0.2) is 18.2 Å². The Bertz CT molecular complexity index is 568. The molecule has 1 unspecified atom stereocenters. The SMILES string of the molecule is CC(C)C(=O)NC[C@@H]1C[C@H]1c1cccc2c1OC(C(C)C)N2. The molecule has 0 aromatic heterocycles. The highest BCUT2D eigenvalue weighted by molar-refractivity contribution is 5.77. The summed E-state index contributed by atoms with van der Waals surface area (Å²) in [5.74, 6) is 2.69. The molecule has 2 aliphatic rings. The van der Waals surface area contributed by atoms with Crippen molar-refractivity contribution >= 4 is 11.6 Å². The fraction of sp³-hybridized carbons (Fsp3) is 0.611. The number of rotatable bonds is 5. The van der Waals surface area contributed by atoms with Crippen molar-refractivity contribution in [1.29, 1.82) is 0 Å². The lowest BCUT2D eigenvalue weighted by atomic mass is 10.1. The van der Waals surface area contributed by atoms with Crippen LogP contribution < -0.4 is 15.4 Å². The van der Waals surface area contributed by atoms with Gasteiger partial charge in [-0.2, -0.15) is 0 Å². The van der Waals surface area contributed by atoms with Crippen molar-refractivity contribution < 1.29 is 9.53 Å². The Kier molecular flexibility index (Phi) is 4.02. The third-order valence-corrected chi connectivity index (χ3v) is 4.58. The molecule has 0 saturated heterocycles. The van der Waals surface area contributed by atoms with Gasteiger partial charge in [0, 0.05) is 18.4 Å². The summed E-state index contributed by atoms with van der Waals surface area (Å²) >= 11 is 0. The number of para-hydroxylation sites is 1. The summed E-state index contributed by atoms with van der Waals surface area (Å²) in [6, 6.07) is 6.34. The summed E-state index contributed by atoms with van der Waals surface area (Å²) in [7, 11) is 0. The van der Waals surface area contributed by atoms with E-state index in [4.69, 9.17) is 4.74 Å². The number of anilines is 1. The third-order valence-electron chi connectivity index (χ3n) is 4.58. The zero-order chi connectivity index (χ0) is 15.9. The van der Waals surface area contributed by atoms with E-state index in [-0.39, 0.29) is 18.1 Å². The fourth-order valence-corrected chi connectivity index (χ4v) is 2.99. The number of amides is 1. The highest BCUT2D eigenvalue weighted by Crippen LogP contribution is 2.53. The first-order valence-electron chi connectivity index (χ1n) is 8.31. The normalized spacial score (nSPS) is 25.6. The summed E-state index contributed by atoms with van der Waals surface area (Å²) in [5.41, 5.74) is 2.39. The van der Waals surface area contributed by atoms with Gasteiger partial charge in [-0.3, -0.25) is 4.79 Å². The standard InChI is InChI=1S/C18H26N2O2/c1-10(2)17(21)19-9-12-8-14(12)13-6-5-7-15-16(13)22-18(20-15)11(3)4/h5-7,10-12,14,18,20H,8-9H2,1-4H3,(H,19,21)/t12-,14+,18?/m0/s1. The minimum absolute atomic E-state index is 0.0532. The minimum Gasteiger partial charge on any atom is -0.468 e. The van der Waals surface area contributed by atoms with Crippen LogP contribution in [0, 0.1) is 17.8 Å². The summed E-state index contributed by atoms with van der Waals surface area (Å²) in [4.78, 5) is 11.7. The lowest BCUT2D eigenvalue weighted by molar-refractivity contribution is -0.124. The van der Waals surface area contributed by atoms with E-state index in [2.05, 4.69) is 42.7 Å². The van der Waals surface area contributed by atoms with E-state index in [1.807, 2.05) is 13.8 Å². The van der Waals surface area contributed by atoms with Crippen LogP contribution in [-0.2, 0) is 4.79 Å². The molecule has 1 aromatic carbocycles. The van der Waals surface area contributed by atoms with Crippen molar-refractivity contribution in [2.45, 2.75) is 46.3 Å². The van der Waals surface area contributed by atoms with Gasteiger partial charge >= 0.3 is 0 Å². The van der Waals surface area contributed by atoms with Crippen molar-refractivity contribution in [2.75, 3.05) is 11.9 Å². The van der Waals surface area contributed by atoms with Crippen LogP contribution in [0.5, 0.6) is 5.75 Å². The quantitative estimate of drug-likeness (QED) is 0.877. The average molecular weight is 302 g/mol. The van der Waals surface area contributed by atoms with E-state index in [9.17, 15) is 4.79 Å². The molecule has 1 fully saturated rings. The maximum Gasteiger partial charge on any atom is 0.222 e.